The lowest BCUT2D eigenvalue weighted by Crippen LogP contribution is -2.27. The van der Waals surface area contributed by atoms with Gasteiger partial charge in [-0.05, 0) is 46.6 Å². The number of amides is 1. The first-order chi connectivity index (χ1) is 17.5. The summed E-state index contributed by atoms with van der Waals surface area (Å²) >= 11 is 12.5. The Hall–Kier alpha value is -3.73. The molecule has 6 rings (SSSR count). The maximum absolute atomic E-state index is 14.3. The highest BCUT2D eigenvalue weighted by Crippen LogP contribution is 2.42. The Kier molecular flexibility index (Phi) is 5.71. The molecule has 0 radical (unpaired) electrons. The number of nitrogens with zero attached hydrogens (tertiary/aromatic N) is 3. The number of carbonyl (C=O) groups excluding carboxylic acids is 1. The quantitative estimate of drug-likeness (QED) is 0.169. The van der Waals surface area contributed by atoms with E-state index in [1.165, 1.54) is 4.90 Å². The van der Waals surface area contributed by atoms with Crippen LogP contribution >= 0.6 is 35.6 Å². The van der Waals surface area contributed by atoms with Crippen molar-refractivity contribution in [3.05, 3.63) is 82.4 Å². The van der Waals surface area contributed by atoms with Gasteiger partial charge in [-0.2, -0.15) is 9.37 Å². The Balaban J connectivity index is 1.43. The van der Waals surface area contributed by atoms with Gasteiger partial charge in [0.15, 0.2) is 15.8 Å². The maximum Gasteiger partial charge on any atom is 0.270 e. The van der Waals surface area contributed by atoms with Crippen molar-refractivity contribution in [1.29, 1.82) is 0 Å². The van der Waals surface area contributed by atoms with E-state index in [2.05, 4.69) is 9.97 Å². The number of anilines is 1. The van der Waals surface area contributed by atoms with Crippen molar-refractivity contribution in [3.63, 3.8) is 0 Å². The van der Waals surface area contributed by atoms with Gasteiger partial charge in [-0.15, -0.1) is 0 Å². The molecule has 0 atom stereocenters. The minimum absolute atomic E-state index is 0.124. The second-order valence-corrected chi connectivity index (χ2v) is 9.66. The maximum atomic E-state index is 14.3. The summed E-state index contributed by atoms with van der Waals surface area (Å²) in [7, 11) is 0. The molecule has 7 nitrogen and oxygen atoms in total. The number of carbonyl (C=O) groups is 1. The zero-order chi connectivity index (χ0) is 24.8. The molecule has 4 aromatic rings. The van der Waals surface area contributed by atoms with Gasteiger partial charge in [0.05, 0.1) is 16.8 Å². The van der Waals surface area contributed by atoms with Gasteiger partial charge >= 0.3 is 0 Å². The molecule has 36 heavy (non-hydrogen) atoms. The third-order valence-electron chi connectivity index (χ3n) is 5.50. The summed E-state index contributed by atoms with van der Waals surface area (Å²) in [5.41, 5.74) is 1.13. The van der Waals surface area contributed by atoms with Crippen LogP contribution in [0.4, 0.5) is 10.1 Å². The topological polar surface area (TPSA) is 73.8 Å². The predicted molar refractivity (Wildman–Crippen MR) is 139 cm³/mol. The van der Waals surface area contributed by atoms with Gasteiger partial charge in [-0.1, -0.05) is 54.3 Å². The predicted octanol–water partition coefficient (Wildman–Crippen LogP) is 6.35. The van der Waals surface area contributed by atoms with Gasteiger partial charge in [0.1, 0.15) is 5.75 Å². The van der Waals surface area contributed by atoms with Gasteiger partial charge in [-0.3, -0.25) is 9.69 Å². The van der Waals surface area contributed by atoms with E-state index in [1.807, 2.05) is 30.3 Å². The van der Waals surface area contributed by atoms with Crippen LogP contribution in [0.15, 0.2) is 65.7 Å². The van der Waals surface area contributed by atoms with Crippen LogP contribution in [0.3, 0.4) is 0 Å². The summed E-state index contributed by atoms with van der Waals surface area (Å²) < 4.78 is 31.3. The summed E-state index contributed by atoms with van der Waals surface area (Å²) in [6.45, 7) is 0.124. The smallest absolute Gasteiger partial charge is 0.270 e. The van der Waals surface area contributed by atoms with E-state index in [0.717, 1.165) is 28.7 Å². The highest BCUT2D eigenvalue weighted by atomic mass is 35.5. The number of thiocarbonyl (C=S) groups is 1. The Morgan fingerprint density at radius 2 is 1.97 bits per heavy atom. The number of rotatable bonds is 4. The minimum atomic E-state index is -0.771. The number of hydrogen-bond donors (Lipinski definition) is 0. The molecule has 1 amide bonds. The van der Waals surface area contributed by atoms with Crippen LogP contribution in [-0.2, 0) is 4.79 Å². The number of halogens is 2. The van der Waals surface area contributed by atoms with Crippen LogP contribution in [0.1, 0.15) is 5.56 Å². The van der Waals surface area contributed by atoms with Crippen LogP contribution in [-0.4, -0.2) is 27.0 Å². The Bertz CT molecular complexity index is 1610. The second kappa shape index (κ2) is 9.05. The minimum Gasteiger partial charge on any atom is -0.454 e. The van der Waals surface area contributed by atoms with Gasteiger partial charge in [0, 0.05) is 11.6 Å². The monoisotopic (exact) mass is 537 g/mol. The molecule has 1 fully saturated rings. The van der Waals surface area contributed by atoms with E-state index in [4.69, 9.17) is 38.0 Å². The van der Waals surface area contributed by atoms with Gasteiger partial charge < -0.3 is 14.2 Å². The summed E-state index contributed by atoms with van der Waals surface area (Å²) in [4.78, 5) is 22.7. The van der Waals surface area contributed by atoms with Gasteiger partial charge in [0.2, 0.25) is 17.9 Å². The lowest BCUT2D eigenvalue weighted by Gasteiger charge is -2.15. The van der Waals surface area contributed by atoms with Crippen molar-refractivity contribution >= 4 is 68.3 Å². The van der Waals surface area contributed by atoms with E-state index in [1.54, 1.807) is 30.3 Å². The van der Waals surface area contributed by atoms with Crippen LogP contribution in [0.5, 0.6) is 23.1 Å². The SMILES string of the molecule is O=C1/C(=C\c2c(Oc3nc(Cl)ncc3F)ccc3ccccc23)SC(=S)N1c1ccc2c(c1)OCO2. The first kappa shape index (κ1) is 22.7. The van der Waals surface area contributed by atoms with Crippen molar-refractivity contribution in [2.75, 3.05) is 11.7 Å². The number of aromatic nitrogens is 2. The zero-order valence-electron chi connectivity index (χ0n) is 18.1. The summed E-state index contributed by atoms with van der Waals surface area (Å²) in [6, 6.07) is 16.3. The third-order valence-corrected chi connectivity index (χ3v) is 6.99. The molecule has 0 saturated carbocycles. The summed E-state index contributed by atoms with van der Waals surface area (Å²) in [5.74, 6) is 0.0327. The average molecular weight is 538 g/mol. The van der Waals surface area contributed by atoms with E-state index >= 15 is 0 Å². The second-order valence-electron chi connectivity index (χ2n) is 7.65. The summed E-state index contributed by atoms with van der Waals surface area (Å²) in [5, 5.41) is 1.55. The molecular weight excluding hydrogens is 525 g/mol. The Morgan fingerprint density at radius 3 is 2.86 bits per heavy atom. The fourth-order valence-corrected chi connectivity index (χ4v) is 5.27. The molecule has 178 valence electrons. The Morgan fingerprint density at radius 1 is 1.14 bits per heavy atom. The molecule has 1 saturated heterocycles. The zero-order valence-corrected chi connectivity index (χ0v) is 20.5. The van der Waals surface area contributed by atoms with Gasteiger partial charge in [0.25, 0.3) is 11.8 Å². The molecule has 3 heterocycles. The normalized spacial score (nSPS) is 15.8. The van der Waals surface area contributed by atoms with Crippen LogP contribution < -0.4 is 19.1 Å². The van der Waals surface area contributed by atoms with Crippen LogP contribution in [0.2, 0.25) is 5.28 Å². The van der Waals surface area contributed by atoms with Crippen molar-refractivity contribution in [1.82, 2.24) is 9.97 Å². The van der Waals surface area contributed by atoms with Crippen LogP contribution in [0, 0.1) is 5.82 Å². The third kappa shape index (κ3) is 4.02. The van der Waals surface area contributed by atoms with E-state index in [9.17, 15) is 9.18 Å². The molecule has 2 aliphatic rings. The number of thioether (sulfide) groups is 1. The van der Waals surface area contributed by atoms with Crippen molar-refractivity contribution in [2.45, 2.75) is 0 Å². The molecule has 0 unspecified atom stereocenters. The van der Waals surface area contributed by atoms with Crippen LogP contribution in [0.25, 0.3) is 16.8 Å². The fourth-order valence-electron chi connectivity index (χ4n) is 3.87. The molecule has 1 aromatic heterocycles. The molecular formula is C25H13ClFN3O4S2. The highest BCUT2D eigenvalue weighted by Gasteiger charge is 2.34. The van der Waals surface area contributed by atoms with Gasteiger partial charge in [-0.25, -0.2) is 4.98 Å². The number of ether oxygens (including phenoxy) is 3. The van der Waals surface area contributed by atoms with E-state index < -0.39 is 5.82 Å². The van der Waals surface area contributed by atoms with Crippen molar-refractivity contribution in [3.8, 4) is 23.1 Å². The molecule has 11 heteroatoms. The Labute approximate surface area is 218 Å². The van der Waals surface area contributed by atoms with E-state index in [0.29, 0.717) is 32.0 Å². The number of benzene rings is 3. The average Bonchev–Trinajstić information content (AvgIpc) is 3.45. The molecule has 0 spiro atoms. The lowest BCUT2D eigenvalue weighted by molar-refractivity contribution is -0.113. The van der Waals surface area contributed by atoms with E-state index in [-0.39, 0.29) is 29.6 Å². The molecule has 2 aliphatic heterocycles. The first-order valence-corrected chi connectivity index (χ1v) is 12.1. The van der Waals surface area contributed by atoms with Crippen molar-refractivity contribution in [2.24, 2.45) is 0 Å². The molecule has 0 bridgehead atoms. The molecule has 0 N–H and O–H groups in total. The summed E-state index contributed by atoms with van der Waals surface area (Å²) in [6.07, 6.45) is 2.62. The standard InChI is InChI=1S/C25H13ClFN3O4S2/c26-24-28-11-17(27)22(29-24)34-18-7-5-13-3-1-2-4-15(13)16(18)10-21-23(31)30(25(35)36-21)14-6-8-19-20(9-14)33-12-32-19/h1-11H,12H2/b21-10+. The molecule has 3 aromatic carbocycles. The number of hydrogen-bond acceptors (Lipinski definition) is 8. The fraction of sp³-hybridized carbons (Fsp3) is 0.0400. The lowest BCUT2D eigenvalue weighted by atomic mass is 10.0. The first-order valence-electron chi connectivity index (χ1n) is 10.5. The highest BCUT2D eigenvalue weighted by molar-refractivity contribution is 8.27. The van der Waals surface area contributed by atoms with Crippen molar-refractivity contribution < 1.29 is 23.4 Å². The number of fused-ring (bicyclic) bond motifs is 2. The molecule has 0 aliphatic carbocycles. The largest absolute Gasteiger partial charge is 0.454 e.